The summed E-state index contributed by atoms with van der Waals surface area (Å²) in [6.45, 7) is 3.91. The summed E-state index contributed by atoms with van der Waals surface area (Å²) in [4.78, 5) is 12.4. The fourth-order valence-electron chi connectivity index (χ4n) is 1.49. The lowest BCUT2D eigenvalue weighted by Crippen LogP contribution is -2.43. The monoisotopic (exact) mass is 273 g/mol. The summed E-state index contributed by atoms with van der Waals surface area (Å²) in [7, 11) is 1.50. The zero-order chi connectivity index (χ0) is 13.6. The molecule has 0 saturated heterocycles. The van der Waals surface area contributed by atoms with Gasteiger partial charge >= 0.3 is 0 Å². The Labute approximate surface area is 111 Å². The third-order valence-electron chi connectivity index (χ3n) is 2.33. The Kier molecular flexibility index (Phi) is 5.64. The second kappa shape index (κ2) is 6.77. The van der Waals surface area contributed by atoms with Crippen LogP contribution in [0.1, 0.15) is 35.6 Å². The van der Waals surface area contributed by atoms with Gasteiger partial charge in [-0.15, -0.1) is 5.10 Å². The number of aromatic nitrogens is 2. The molecule has 18 heavy (non-hydrogen) atoms. The van der Waals surface area contributed by atoms with E-state index in [2.05, 4.69) is 14.9 Å². The molecule has 1 amide bonds. The van der Waals surface area contributed by atoms with E-state index in [-0.39, 0.29) is 19.1 Å². The SMILES string of the molecule is CCCc1nnsc1C(=O)NC[C@@](C)(O)COC. The largest absolute Gasteiger partial charge is 0.386 e. The van der Waals surface area contributed by atoms with Crippen LogP contribution in [0.3, 0.4) is 0 Å². The molecule has 0 aliphatic heterocycles. The van der Waals surface area contributed by atoms with Gasteiger partial charge in [-0.25, -0.2) is 0 Å². The van der Waals surface area contributed by atoms with E-state index in [1.165, 1.54) is 7.11 Å². The molecule has 102 valence electrons. The normalized spacial score (nSPS) is 14.2. The minimum absolute atomic E-state index is 0.128. The Morgan fingerprint density at radius 3 is 2.94 bits per heavy atom. The van der Waals surface area contributed by atoms with Gasteiger partial charge in [0.15, 0.2) is 0 Å². The van der Waals surface area contributed by atoms with E-state index in [9.17, 15) is 9.90 Å². The highest BCUT2D eigenvalue weighted by molar-refractivity contribution is 7.08. The Morgan fingerprint density at radius 1 is 1.61 bits per heavy atom. The van der Waals surface area contributed by atoms with Crippen LogP contribution < -0.4 is 5.32 Å². The van der Waals surface area contributed by atoms with Crippen LogP contribution in [0.5, 0.6) is 0 Å². The average molecular weight is 273 g/mol. The van der Waals surface area contributed by atoms with E-state index in [0.717, 1.165) is 24.4 Å². The molecule has 1 heterocycles. The van der Waals surface area contributed by atoms with Gasteiger partial charge in [0.25, 0.3) is 5.91 Å². The van der Waals surface area contributed by atoms with Crippen molar-refractivity contribution < 1.29 is 14.6 Å². The lowest BCUT2D eigenvalue weighted by Gasteiger charge is -2.22. The molecule has 1 rings (SSSR count). The van der Waals surface area contributed by atoms with Crippen LogP contribution in [0, 0.1) is 0 Å². The first-order chi connectivity index (χ1) is 8.50. The molecule has 7 heteroatoms. The maximum Gasteiger partial charge on any atom is 0.265 e. The summed E-state index contributed by atoms with van der Waals surface area (Å²) >= 11 is 1.08. The van der Waals surface area contributed by atoms with Crippen LogP contribution in [-0.2, 0) is 11.2 Å². The molecule has 1 atom stereocenters. The Morgan fingerprint density at radius 2 is 2.33 bits per heavy atom. The molecule has 0 aliphatic rings. The van der Waals surface area contributed by atoms with Crippen molar-refractivity contribution in [2.75, 3.05) is 20.3 Å². The molecule has 0 spiro atoms. The van der Waals surface area contributed by atoms with Gasteiger partial charge in [-0.2, -0.15) is 0 Å². The highest BCUT2D eigenvalue weighted by atomic mass is 32.1. The van der Waals surface area contributed by atoms with Crippen molar-refractivity contribution in [3.05, 3.63) is 10.6 Å². The zero-order valence-electron chi connectivity index (χ0n) is 10.9. The summed E-state index contributed by atoms with van der Waals surface area (Å²) < 4.78 is 8.65. The topological polar surface area (TPSA) is 84.3 Å². The third-order valence-corrected chi connectivity index (χ3v) is 3.10. The maximum absolute atomic E-state index is 11.9. The number of rotatable bonds is 7. The van der Waals surface area contributed by atoms with Gasteiger partial charge in [0.05, 0.1) is 12.3 Å². The average Bonchev–Trinajstić information content (AvgIpc) is 2.75. The first-order valence-corrected chi connectivity index (χ1v) is 6.58. The molecule has 1 aromatic heterocycles. The predicted octanol–water partition coefficient (Wildman–Crippen LogP) is 0.618. The van der Waals surface area contributed by atoms with Crippen molar-refractivity contribution in [2.45, 2.75) is 32.3 Å². The number of nitrogens with one attached hydrogen (secondary N) is 1. The van der Waals surface area contributed by atoms with Gasteiger partial charge in [-0.05, 0) is 24.9 Å². The fourth-order valence-corrected chi connectivity index (χ4v) is 2.12. The van der Waals surface area contributed by atoms with E-state index in [4.69, 9.17) is 4.74 Å². The van der Waals surface area contributed by atoms with E-state index in [0.29, 0.717) is 10.6 Å². The molecule has 0 aromatic carbocycles. The molecule has 0 fully saturated rings. The Bertz CT molecular complexity index is 393. The summed E-state index contributed by atoms with van der Waals surface area (Å²) in [5.74, 6) is -0.246. The van der Waals surface area contributed by atoms with Crippen LogP contribution in [0.2, 0.25) is 0 Å². The quantitative estimate of drug-likeness (QED) is 0.760. The van der Waals surface area contributed by atoms with Gasteiger partial charge in [0.1, 0.15) is 10.5 Å². The number of hydrogen-bond donors (Lipinski definition) is 2. The highest BCUT2D eigenvalue weighted by Crippen LogP contribution is 2.12. The molecule has 0 saturated carbocycles. The zero-order valence-corrected chi connectivity index (χ0v) is 11.7. The summed E-state index contributed by atoms with van der Waals surface area (Å²) in [6, 6.07) is 0. The number of hydrogen-bond acceptors (Lipinski definition) is 6. The number of ether oxygens (including phenoxy) is 1. The van der Waals surface area contributed by atoms with Gasteiger partial charge in [-0.1, -0.05) is 17.8 Å². The minimum atomic E-state index is -1.08. The van der Waals surface area contributed by atoms with Crippen molar-refractivity contribution >= 4 is 17.4 Å². The number of methoxy groups -OCH3 is 1. The molecule has 0 aliphatic carbocycles. The van der Waals surface area contributed by atoms with Gasteiger partial charge in [-0.3, -0.25) is 4.79 Å². The van der Waals surface area contributed by atoms with Crippen LogP contribution >= 0.6 is 11.5 Å². The van der Waals surface area contributed by atoms with Crippen molar-refractivity contribution in [2.24, 2.45) is 0 Å². The van der Waals surface area contributed by atoms with E-state index in [1.54, 1.807) is 6.92 Å². The second-order valence-corrected chi connectivity index (χ2v) is 5.17. The van der Waals surface area contributed by atoms with Gasteiger partial charge < -0.3 is 15.2 Å². The number of carbonyl (C=O) groups is 1. The smallest absolute Gasteiger partial charge is 0.265 e. The molecule has 0 unspecified atom stereocenters. The van der Waals surface area contributed by atoms with Crippen molar-refractivity contribution in [1.82, 2.24) is 14.9 Å². The van der Waals surface area contributed by atoms with E-state index < -0.39 is 5.60 Å². The molecule has 6 nitrogen and oxygen atoms in total. The number of carbonyl (C=O) groups excluding carboxylic acids is 1. The molecular formula is C11H19N3O3S. The lowest BCUT2D eigenvalue weighted by atomic mass is 10.1. The summed E-state index contributed by atoms with van der Waals surface area (Å²) in [5.41, 5.74) is -0.362. The van der Waals surface area contributed by atoms with Gasteiger partial charge in [0, 0.05) is 13.7 Å². The van der Waals surface area contributed by atoms with E-state index >= 15 is 0 Å². The Balaban J connectivity index is 2.57. The van der Waals surface area contributed by atoms with Crippen LogP contribution in [0.15, 0.2) is 0 Å². The van der Waals surface area contributed by atoms with Crippen molar-refractivity contribution in [1.29, 1.82) is 0 Å². The first-order valence-electron chi connectivity index (χ1n) is 5.81. The van der Waals surface area contributed by atoms with Crippen LogP contribution in [0.25, 0.3) is 0 Å². The summed E-state index contributed by atoms with van der Waals surface area (Å²) in [5, 5.41) is 16.5. The lowest BCUT2D eigenvalue weighted by molar-refractivity contribution is -0.0146. The van der Waals surface area contributed by atoms with Crippen LogP contribution in [-0.4, -0.2) is 46.5 Å². The molecule has 0 bridgehead atoms. The standard InChI is InChI=1S/C11H19N3O3S/c1-4-5-8-9(18-14-13-8)10(15)12-6-11(2,16)7-17-3/h16H,4-7H2,1-3H3,(H,12,15)/t11-/m1/s1. The van der Waals surface area contributed by atoms with Crippen molar-refractivity contribution in [3.8, 4) is 0 Å². The number of amides is 1. The molecule has 2 N–H and O–H groups in total. The first kappa shape index (κ1) is 15.0. The van der Waals surface area contributed by atoms with Crippen molar-refractivity contribution in [3.63, 3.8) is 0 Å². The second-order valence-electron chi connectivity index (χ2n) is 4.41. The highest BCUT2D eigenvalue weighted by Gasteiger charge is 2.23. The molecular weight excluding hydrogens is 254 g/mol. The fraction of sp³-hybridized carbons (Fsp3) is 0.727. The molecule has 1 aromatic rings. The molecule has 0 radical (unpaired) electrons. The third kappa shape index (κ3) is 4.32. The Hall–Kier alpha value is -1.05. The number of aryl methyl sites for hydroxylation is 1. The summed E-state index contributed by atoms with van der Waals surface area (Å²) in [6.07, 6.45) is 1.64. The maximum atomic E-state index is 11.9. The van der Waals surface area contributed by atoms with Gasteiger partial charge in [0.2, 0.25) is 0 Å². The van der Waals surface area contributed by atoms with Crippen LogP contribution in [0.4, 0.5) is 0 Å². The number of aliphatic hydroxyl groups is 1. The number of nitrogens with zero attached hydrogens (tertiary/aromatic N) is 2. The predicted molar refractivity (Wildman–Crippen MR) is 68.7 cm³/mol. The minimum Gasteiger partial charge on any atom is -0.386 e. The van der Waals surface area contributed by atoms with E-state index in [1.807, 2.05) is 6.92 Å².